The Morgan fingerprint density at radius 2 is 2.12 bits per heavy atom. The maximum atomic E-state index is 13.2. The standard InChI is InChI=1S/C9H6BrF3O3/c10-3-4-1-5(8(14)15)7(2-6(4)11)16-9(12)13/h1-2,9H,3H2,(H,14,15). The molecule has 0 unspecified atom stereocenters. The van der Waals surface area contributed by atoms with Gasteiger partial charge in [-0.05, 0) is 11.6 Å². The molecule has 0 heterocycles. The van der Waals surface area contributed by atoms with E-state index in [9.17, 15) is 18.0 Å². The first-order valence-electron chi connectivity index (χ1n) is 4.02. The van der Waals surface area contributed by atoms with Gasteiger partial charge in [0.15, 0.2) is 0 Å². The molecule has 0 bridgehead atoms. The third-order valence-electron chi connectivity index (χ3n) is 1.74. The van der Waals surface area contributed by atoms with Gasteiger partial charge in [-0.25, -0.2) is 9.18 Å². The van der Waals surface area contributed by atoms with Gasteiger partial charge in [0.25, 0.3) is 0 Å². The van der Waals surface area contributed by atoms with Crippen molar-refractivity contribution in [3.05, 3.63) is 29.1 Å². The summed E-state index contributed by atoms with van der Waals surface area (Å²) in [5.41, 5.74) is -0.449. The molecule has 0 spiro atoms. The van der Waals surface area contributed by atoms with Crippen LogP contribution in [0.15, 0.2) is 12.1 Å². The van der Waals surface area contributed by atoms with Gasteiger partial charge in [0.2, 0.25) is 0 Å². The summed E-state index contributed by atoms with van der Waals surface area (Å²) in [5, 5.41) is 8.80. The Kier molecular flexibility index (Phi) is 4.17. The number of ether oxygens (including phenoxy) is 1. The lowest BCUT2D eigenvalue weighted by Crippen LogP contribution is -2.09. The maximum absolute atomic E-state index is 13.2. The number of carboxylic acids is 1. The SMILES string of the molecule is O=C(O)c1cc(CBr)c(F)cc1OC(F)F. The van der Waals surface area contributed by atoms with E-state index in [1.54, 1.807) is 0 Å². The minimum absolute atomic E-state index is 0.0546. The summed E-state index contributed by atoms with van der Waals surface area (Å²) in [7, 11) is 0. The molecule has 3 nitrogen and oxygen atoms in total. The van der Waals surface area contributed by atoms with Gasteiger partial charge in [0, 0.05) is 11.4 Å². The third kappa shape index (κ3) is 2.88. The number of benzene rings is 1. The lowest BCUT2D eigenvalue weighted by molar-refractivity contribution is -0.0505. The predicted molar refractivity (Wildman–Crippen MR) is 52.6 cm³/mol. The van der Waals surface area contributed by atoms with Gasteiger partial charge in [-0.3, -0.25) is 0 Å². The van der Waals surface area contributed by atoms with E-state index in [0.29, 0.717) is 6.07 Å². The van der Waals surface area contributed by atoms with Crippen LogP contribution in [0.25, 0.3) is 0 Å². The molecule has 1 aromatic rings. The van der Waals surface area contributed by atoms with Crippen LogP contribution in [0.2, 0.25) is 0 Å². The van der Waals surface area contributed by atoms with Crippen molar-refractivity contribution < 1.29 is 27.8 Å². The van der Waals surface area contributed by atoms with Crippen LogP contribution in [0.5, 0.6) is 5.75 Å². The van der Waals surface area contributed by atoms with E-state index in [1.807, 2.05) is 0 Å². The number of carboxylic acid groups (broad SMARTS) is 1. The van der Waals surface area contributed by atoms with Crippen molar-refractivity contribution in [1.29, 1.82) is 0 Å². The van der Waals surface area contributed by atoms with Crippen LogP contribution in [0.3, 0.4) is 0 Å². The van der Waals surface area contributed by atoms with Crippen LogP contribution in [-0.4, -0.2) is 17.7 Å². The van der Waals surface area contributed by atoms with Gasteiger partial charge in [0.05, 0.1) is 0 Å². The second-order valence-corrected chi connectivity index (χ2v) is 3.32. The molecule has 0 aliphatic rings. The lowest BCUT2D eigenvalue weighted by Gasteiger charge is -2.09. The van der Waals surface area contributed by atoms with E-state index in [0.717, 1.165) is 6.07 Å². The second kappa shape index (κ2) is 5.20. The third-order valence-corrected chi connectivity index (χ3v) is 2.34. The Balaban J connectivity index is 3.24. The lowest BCUT2D eigenvalue weighted by atomic mass is 10.1. The highest BCUT2D eigenvalue weighted by Crippen LogP contribution is 2.26. The van der Waals surface area contributed by atoms with E-state index in [2.05, 4.69) is 20.7 Å². The van der Waals surface area contributed by atoms with Crippen molar-refractivity contribution in [3.63, 3.8) is 0 Å². The molecule has 0 amide bonds. The molecule has 1 rings (SSSR count). The predicted octanol–water partition coefficient (Wildman–Crippen LogP) is 3.02. The number of carbonyl (C=O) groups is 1. The average Bonchev–Trinajstić information content (AvgIpc) is 2.16. The van der Waals surface area contributed by atoms with Crippen LogP contribution in [0.1, 0.15) is 15.9 Å². The quantitative estimate of drug-likeness (QED) is 0.869. The summed E-state index contributed by atoms with van der Waals surface area (Å²) in [4.78, 5) is 10.7. The number of hydrogen-bond donors (Lipinski definition) is 1. The van der Waals surface area contributed by atoms with Crippen molar-refractivity contribution in [3.8, 4) is 5.75 Å². The van der Waals surface area contributed by atoms with Crippen LogP contribution in [0.4, 0.5) is 13.2 Å². The molecule has 7 heteroatoms. The van der Waals surface area contributed by atoms with Gasteiger partial charge in [-0.2, -0.15) is 8.78 Å². The molecule has 0 fully saturated rings. The summed E-state index contributed by atoms with van der Waals surface area (Å²) in [6.07, 6.45) is 0. The summed E-state index contributed by atoms with van der Waals surface area (Å²) >= 11 is 2.95. The van der Waals surface area contributed by atoms with Crippen LogP contribution in [-0.2, 0) is 5.33 Å². The average molecular weight is 299 g/mol. The topological polar surface area (TPSA) is 46.5 Å². The van der Waals surface area contributed by atoms with Crippen molar-refractivity contribution in [2.24, 2.45) is 0 Å². The molecule has 1 aromatic carbocycles. The number of halogens is 4. The van der Waals surface area contributed by atoms with E-state index in [1.165, 1.54) is 0 Å². The van der Waals surface area contributed by atoms with Gasteiger partial charge in [0.1, 0.15) is 17.1 Å². The van der Waals surface area contributed by atoms with Gasteiger partial charge >= 0.3 is 12.6 Å². The van der Waals surface area contributed by atoms with E-state index >= 15 is 0 Å². The molecule has 88 valence electrons. The van der Waals surface area contributed by atoms with E-state index in [4.69, 9.17) is 5.11 Å². The molecule has 1 N–H and O–H groups in total. The van der Waals surface area contributed by atoms with Gasteiger partial charge in [-0.15, -0.1) is 0 Å². The molecule has 16 heavy (non-hydrogen) atoms. The molecular weight excluding hydrogens is 293 g/mol. The van der Waals surface area contributed by atoms with Crippen molar-refractivity contribution in [2.75, 3.05) is 0 Å². The summed E-state index contributed by atoms with van der Waals surface area (Å²) < 4.78 is 41.0. The zero-order chi connectivity index (χ0) is 12.3. The largest absolute Gasteiger partial charge is 0.478 e. The summed E-state index contributed by atoms with van der Waals surface area (Å²) in [5.74, 6) is -2.96. The maximum Gasteiger partial charge on any atom is 0.387 e. The molecule has 0 radical (unpaired) electrons. The van der Waals surface area contributed by atoms with Crippen molar-refractivity contribution >= 4 is 21.9 Å². The first-order valence-corrected chi connectivity index (χ1v) is 5.14. The molecule has 0 atom stereocenters. The molecule has 0 aliphatic heterocycles. The minimum atomic E-state index is -3.20. The van der Waals surface area contributed by atoms with E-state index in [-0.39, 0.29) is 10.9 Å². The molecule has 0 saturated heterocycles. The fraction of sp³-hybridized carbons (Fsp3) is 0.222. The fourth-order valence-corrected chi connectivity index (χ4v) is 1.49. The van der Waals surface area contributed by atoms with Crippen LogP contribution < -0.4 is 4.74 Å². The van der Waals surface area contributed by atoms with Crippen molar-refractivity contribution in [2.45, 2.75) is 11.9 Å². The highest BCUT2D eigenvalue weighted by molar-refractivity contribution is 9.08. The number of rotatable bonds is 4. The summed E-state index contributed by atoms with van der Waals surface area (Å²) in [6.45, 7) is -3.20. The zero-order valence-corrected chi connectivity index (χ0v) is 9.30. The first-order chi connectivity index (χ1) is 7.45. The van der Waals surface area contributed by atoms with Crippen LogP contribution in [0, 0.1) is 5.82 Å². The minimum Gasteiger partial charge on any atom is -0.478 e. The Morgan fingerprint density at radius 3 is 2.56 bits per heavy atom. The normalized spacial score (nSPS) is 10.6. The zero-order valence-electron chi connectivity index (χ0n) is 7.71. The number of aromatic carboxylic acids is 1. The molecular formula is C9H6BrF3O3. The Labute approximate surface area is 97.0 Å². The van der Waals surface area contributed by atoms with Gasteiger partial charge < -0.3 is 9.84 Å². The van der Waals surface area contributed by atoms with Gasteiger partial charge in [-0.1, -0.05) is 15.9 Å². The Morgan fingerprint density at radius 1 is 1.50 bits per heavy atom. The van der Waals surface area contributed by atoms with Crippen molar-refractivity contribution in [1.82, 2.24) is 0 Å². The molecule has 0 aromatic heterocycles. The highest BCUT2D eigenvalue weighted by Gasteiger charge is 2.18. The Hall–Kier alpha value is -1.24. The first kappa shape index (κ1) is 12.8. The van der Waals surface area contributed by atoms with E-state index < -0.39 is 29.7 Å². The van der Waals surface area contributed by atoms with Crippen LogP contribution >= 0.6 is 15.9 Å². The fourth-order valence-electron chi connectivity index (χ4n) is 1.06. The monoisotopic (exact) mass is 298 g/mol. The highest BCUT2D eigenvalue weighted by atomic mass is 79.9. The number of alkyl halides is 3. The molecule has 0 aliphatic carbocycles. The smallest absolute Gasteiger partial charge is 0.387 e. The number of hydrogen-bond acceptors (Lipinski definition) is 2. The summed E-state index contributed by atoms with van der Waals surface area (Å²) in [6, 6.07) is 1.58. The second-order valence-electron chi connectivity index (χ2n) is 2.76. The molecule has 0 saturated carbocycles. The Bertz CT molecular complexity index is 409.